The minimum Gasteiger partial charge on any atom is -0.365 e. The number of fused-ring (bicyclic) bond motifs is 1. The maximum Gasteiger partial charge on any atom is 0.261 e. The first kappa shape index (κ1) is 19.2. The van der Waals surface area contributed by atoms with Gasteiger partial charge in [0.25, 0.3) is 5.91 Å². The van der Waals surface area contributed by atoms with Crippen LogP contribution in [0.4, 0.5) is 0 Å². The third-order valence-electron chi connectivity index (χ3n) is 4.22. The van der Waals surface area contributed by atoms with Gasteiger partial charge in [-0.1, -0.05) is 13.8 Å². The number of nitrogens with one attached hydrogen (secondary N) is 3. The van der Waals surface area contributed by atoms with E-state index < -0.39 is 0 Å². The van der Waals surface area contributed by atoms with Crippen molar-refractivity contribution in [2.75, 3.05) is 6.54 Å². The lowest BCUT2D eigenvalue weighted by Gasteiger charge is -2.05. The molecule has 144 valence electrons. The fourth-order valence-corrected chi connectivity index (χ4v) is 3.79. The maximum absolute atomic E-state index is 12.3. The highest BCUT2D eigenvalue weighted by atomic mass is 32.1. The lowest BCUT2D eigenvalue weighted by molar-refractivity contribution is -0.121. The van der Waals surface area contributed by atoms with Gasteiger partial charge in [0.1, 0.15) is 4.83 Å². The minimum atomic E-state index is -0.0640. The smallest absolute Gasteiger partial charge is 0.261 e. The number of carbonyl (C=O) groups excluding carboxylic acids is 2. The monoisotopic (exact) mass is 387 g/mol. The molecule has 7 nitrogen and oxygen atoms in total. The highest BCUT2D eigenvalue weighted by Gasteiger charge is 2.17. The molecular formula is C19H25N5O2S. The van der Waals surface area contributed by atoms with Gasteiger partial charge in [0.15, 0.2) is 0 Å². The van der Waals surface area contributed by atoms with E-state index in [-0.39, 0.29) is 11.8 Å². The lowest BCUT2D eigenvalue weighted by atomic mass is 10.2. The molecule has 3 N–H and O–H groups in total. The Hall–Kier alpha value is -2.61. The highest BCUT2D eigenvalue weighted by molar-refractivity contribution is 7.20. The molecule has 0 aromatic carbocycles. The number of nitrogens with zero attached hydrogens (tertiary/aromatic N) is 2. The van der Waals surface area contributed by atoms with Crippen LogP contribution in [0.3, 0.4) is 0 Å². The largest absolute Gasteiger partial charge is 0.365 e. The van der Waals surface area contributed by atoms with Gasteiger partial charge in [-0.05, 0) is 30.5 Å². The van der Waals surface area contributed by atoms with E-state index in [0.717, 1.165) is 21.6 Å². The Labute approximate surface area is 162 Å². The van der Waals surface area contributed by atoms with Crippen LogP contribution in [0.2, 0.25) is 0 Å². The Morgan fingerprint density at radius 2 is 2.15 bits per heavy atom. The van der Waals surface area contributed by atoms with Gasteiger partial charge in [0.2, 0.25) is 5.91 Å². The Kier molecular flexibility index (Phi) is 5.95. The maximum atomic E-state index is 12.3. The molecular weight excluding hydrogens is 362 g/mol. The number of aromatic nitrogens is 3. The molecule has 0 atom stereocenters. The normalized spacial score (nSPS) is 11.3. The van der Waals surface area contributed by atoms with Crippen LogP contribution in [0.15, 0.2) is 24.4 Å². The van der Waals surface area contributed by atoms with E-state index in [1.54, 1.807) is 4.68 Å². The molecule has 3 heterocycles. The molecule has 0 aliphatic heterocycles. The van der Waals surface area contributed by atoms with Gasteiger partial charge in [-0.15, -0.1) is 11.3 Å². The number of amides is 2. The molecule has 3 rings (SSSR count). The van der Waals surface area contributed by atoms with Crippen LogP contribution in [0.5, 0.6) is 0 Å². The van der Waals surface area contributed by atoms with E-state index in [1.807, 2.05) is 31.4 Å². The number of aryl methyl sites for hydroxylation is 2. The molecule has 27 heavy (non-hydrogen) atoms. The first-order chi connectivity index (χ1) is 12.9. The van der Waals surface area contributed by atoms with Gasteiger partial charge >= 0.3 is 0 Å². The summed E-state index contributed by atoms with van der Waals surface area (Å²) < 4.78 is 1.76. The Balaban J connectivity index is 1.62. The first-order valence-corrected chi connectivity index (χ1v) is 9.88. The van der Waals surface area contributed by atoms with Gasteiger partial charge < -0.3 is 15.6 Å². The molecule has 0 unspecified atom stereocenters. The Morgan fingerprint density at radius 3 is 2.85 bits per heavy atom. The molecule has 8 heteroatoms. The standard InChI is InChI=1S/C19H25N5O2S/c1-12(2)10-22-18(26)16-9-14-15(23-24(3)19(14)27-16)11-21-17(25)7-6-13-5-4-8-20-13/h4-5,8-9,12,20H,6-7,10-11H2,1-3H3,(H,21,25)(H,22,26). The summed E-state index contributed by atoms with van der Waals surface area (Å²) in [4.78, 5) is 29.1. The minimum absolute atomic E-state index is 0.0199. The second-order valence-corrected chi connectivity index (χ2v) is 8.01. The number of carbonyl (C=O) groups is 2. The zero-order chi connectivity index (χ0) is 19.4. The van der Waals surface area contributed by atoms with Crippen LogP contribution in [-0.4, -0.2) is 33.1 Å². The second-order valence-electron chi connectivity index (χ2n) is 6.98. The summed E-state index contributed by atoms with van der Waals surface area (Å²) in [6, 6.07) is 5.75. The summed E-state index contributed by atoms with van der Waals surface area (Å²) in [7, 11) is 1.85. The summed E-state index contributed by atoms with van der Waals surface area (Å²) in [6.45, 7) is 5.12. The second kappa shape index (κ2) is 8.39. The van der Waals surface area contributed by atoms with Gasteiger partial charge in [-0.3, -0.25) is 14.3 Å². The molecule has 0 radical (unpaired) electrons. The number of hydrogen-bond donors (Lipinski definition) is 3. The molecule has 0 bridgehead atoms. The summed E-state index contributed by atoms with van der Waals surface area (Å²) in [5, 5.41) is 11.3. The van der Waals surface area contributed by atoms with Crippen molar-refractivity contribution >= 4 is 33.4 Å². The average molecular weight is 388 g/mol. The molecule has 3 aromatic heterocycles. The molecule has 0 fully saturated rings. The summed E-state index contributed by atoms with van der Waals surface area (Å²) in [6.07, 6.45) is 2.95. The number of aromatic amines is 1. The fourth-order valence-electron chi connectivity index (χ4n) is 2.78. The van der Waals surface area contributed by atoms with Crippen LogP contribution in [0.1, 0.15) is 41.3 Å². The average Bonchev–Trinajstić information content (AvgIpc) is 3.35. The molecule has 0 saturated heterocycles. The predicted octanol–water partition coefficient (Wildman–Crippen LogP) is 2.60. The number of rotatable bonds is 8. The first-order valence-electron chi connectivity index (χ1n) is 9.06. The van der Waals surface area contributed by atoms with Crippen molar-refractivity contribution in [3.8, 4) is 0 Å². The van der Waals surface area contributed by atoms with Gasteiger partial charge in [-0.2, -0.15) is 5.10 Å². The molecule has 0 saturated carbocycles. The van der Waals surface area contributed by atoms with Crippen LogP contribution in [-0.2, 0) is 24.8 Å². The number of H-pyrrole nitrogens is 1. The lowest BCUT2D eigenvalue weighted by Crippen LogP contribution is -2.26. The Morgan fingerprint density at radius 1 is 1.33 bits per heavy atom. The number of hydrogen-bond acceptors (Lipinski definition) is 4. The Bertz CT molecular complexity index is 924. The van der Waals surface area contributed by atoms with Crippen molar-refractivity contribution in [1.29, 1.82) is 0 Å². The molecule has 0 spiro atoms. The van der Waals surface area contributed by atoms with Crippen LogP contribution >= 0.6 is 11.3 Å². The molecule has 0 aliphatic rings. The summed E-state index contributed by atoms with van der Waals surface area (Å²) in [5.41, 5.74) is 1.82. The van der Waals surface area contributed by atoms with E-state index in [4.69, 9.17) is 0 Å². The van der Waals surface area contributed by atoms with E-state index in [0.29, 0.717) is 36.7 Å². The fraction of sp³-hybridized carbons (Fsp3) is 0.421. The summed E-state index contributed by atoms with van der Waals surface area (Å²) in [5.74, 6) is 0.320. The predicted molar refractivity (Wildman–Crippen MR) is 107 cm³/mol. The molecule has 2 amide bonds. The van der Waals surface area contributed by atoms with Crippen LogP contribution in [0, 0.1) is 5.92 Å². The van der Waals surface area contributed by atoms with Gasteiger partial charge in [0.05, 0.1) is 17.1 Å². The van der Waals surface area contributed by atoms with Crippen molar-refractivity contribution in [2.45, 2.75) is 33.2 Å². The van der Waals surface area contributed by atoms with Gasteiger partial charge in [-0.25, -0.2) is 0 Å². The third kappa shape index (κ3) is 4.77. The SMILES string of the molecule is CC(C)CNC(=O)c1cc2c(CNC(=O)CCc3ccc[nH]3)nn(C)c2s1. The molecule has 0 aliphatic carbocycles. The van der Waals surface area contributed by atoms with Crippen molar-refractivity contribution in [3.05, 3.63) is 40.7 Å². The van der Waals surface area contributed by atoms with Crippen molar-refractivity contribution in [2.24, 2.45) is 13.0 Å². The van der Waals surface area contributed by atoms with E-state index in [2.05, 4.69) is 34.6 Å². The van der Waals surface area contributed by atoms with Crippen LogP contribution < -0.4 is 10.6 Å². The van der Waals surface area contributed by atoms with E-state index in [9.17, 15) is 9.59 Å². The van der Waals surface area contributed by atoms with Crippen molar-refractivity contribution in [3.63, 3.8) is 0 Å². The zero-order valence-corrected chi connectivity index (χ0v) is 16.7. The molecule has 3 aromatic rings. The number of thiophene rings is 1. The van der Waals surface area contributed by atoms with Gasteiger partial charge in [0, 0.05) is 37.3 Å². The quantitative estimate of drug-likeness (QED) is 0.555. The topological polar surface area (TPSA) is 91.8 Å². The van der Waals surface area contributed by atoms with E-state index >= 15 is 0 Å². The highest BCUT2D eigenvalue weighted by Crippen LogP contribution is 2.28. The van der Waals surface area contributed by atoms with Crippen molar-refractivity contribution < 1.29 is 9.59 Å². The van der Waals surface area contributed by atoms with Crippen molar-refractivity contribution in [1.82, 2.24) is 25.4 Å². The van der Waals surface area contributed by atoms with E-state index in [1.165, 1.54) is 11.3 Å². The van der Waals surface area contributed by atoms with Crippen LogP contribution in [0.25, 0.3) is 10.2 Å². The summed E-state index contributed by atoms with van der Waals surface area (Å²) >= 11 is 1.42. The third-order valence-corrected chi connectivity index (χ3v) is 5.42. The zero-order valence-electron chi connectivity index (χ0n) is 15.8.